The van der Waals surface area contributed by atoms with Crippen LogP contribution in [0.1, 0.15) is 13.8 Å². The lowest BCUT2D eigenvalue weighted by Crippen LogP contribution is -2.68. The lowest BCUT2D eigenvalue weighted by atomic mass is 11.2. The van der Waals surface area contributed by atoms with Crippen LogP contribution in [0.5, 0.6) is 0 Å². The highest BCUT2D eigenvalue weighted by atomic mass is 32.2. The van der Waals surface area contributed by atoms with Crippen LogP contribution in [0.25, 0.3) is 0 Å². The van der Waals surface area contributed by atoms with E-state index in [-0.39, 0.29) is 11.3 Å². The first-order valence-corrected chi connectivity index (χ1v) is 5.22. The Bertz CT molecular complexity index is 318. The number of fused-ring (bicyclic) bond motifs is 1. The number of rotatable bonds is 1. The second kappa shape index (κ2) is 2.64. The fraction of sp³-hybridized carbons (Fsp3) is 0.750. The molecular weight excluding hydrogens is 218 g/mol. The minimum absolute atomic E-state index is 0.154. The highest BCUT2D eigenvalue weighted by Crippen LogP contribution is 2.50. The fourth-order valence-electron chi connectivity index (χ4n) is 2.04. The molecule has 1 amide bonds. The van der Waals surface area contributed by atoms with Crippen molar-refractivity contribution in [2.75, 3.05) is 0 Å². The van der Waals surface area contributed by atoms with Gasteiger partial charge in [-0.05, 0) is 13.8 Å². The summed E-state index contributed by atoms with van der Waals surface area (Å²) in [5.41, 5.74) is 5.59. The molecule has 78 valence electrons. The number of hydrogen-bond acceptors (Lipinski definition) is 4. The van der Waals surface area contributed by atoms with Crippen molar-refractivity contribution in [2.45, 2.75) is 36.1 Å². The molecule has 0 aliphatic carbocycles. The van der Waals surface area contributed by atoms with Gasteiger partial charge >= 0.3 is 5.97 Å². The van der Waals surface area contributed by atoms with Crippen LogP contribution < -0.4 is 5.73 Å². The molecule has 0 spiro atoms. The average Bonchev–Trinajstić information content (AvgIpc) is 2.34. The summed E-state index contributed by atoms with van der Waals surface area (Å²) in [4.78, 5) is 23.8. The molecule has 5 nitrogen and oxygen atoms in total. The van der Waals surface area contributed by atoms with Crippen molar-refractivity contribution in [3.05, 3.63) is 0 Å². The van der Waals surface area contributed by atoms with Gasteiger partial charge in [0.2, 0.25) is 5.91 Å². The van der Waals surface area contributed by atoms with Crippen molar-refractivity contribution in [3.8, 4) is 0 Å². The summed E-state index contributed by atoms with van der Waals surface area (Å²) in [5.74, 6) is -1.20. The summed E-state index contributed by atoms with van der Waals surface area (Å²) >= 11 is 1.47. The third-order valence-electron chi connectivity index (χ3n) is 2.72. The van der Waals surface area contributed by atoms with Crippen molar-refractivity contribution in [3.63, 3.8) is 0 Å². The van der Waals surface area contributed by atoms with Crippen LogP contribution >= 0.6 is 11.8 Å². The summed E-state index contributed by atoms with van der Waals surface area (Å²) in [7, 11) is 0. The molecule has 2 aliphatic heterocycles. The Kier molecular flexibility index (Phi) is 1.84. The second-order valence-corrected chi connectivity index (χ2v) is 5.89. The van der Waals surface area contributed by atoms with E-state index in [1.54, 1.807) is 0 Å². The summed E-state index contributed by atoms with van der Waals surface area (Å²) in [5, 5.41) is 8.87. The summed E-state index contributed by atoms with van der Waals surface area (Å²) in [6, 6.07) is -1.27. The normalized spacial score (nSPS) is 39.2. The Labute approximate surface area is 85.6 Å². The van der Waals surface area contributed by atoms with Crippen molar-refractivity contribution >= 4 is 23.6 Å². The topological polar surface area (TPSA) is 83.6 Å². The molecule has 3 N–H and O–H groups in total. The third-order valence-corrected chi connectivity index (χ3v) is 4.31. The van der Waals surface area contributed by atoms with E-state index in [1.807, 2.05) is 13.8 Å². The molecule has 0 bridgehead atoms. The van der Waals surface area contributed by atoms with Gasteiger partial charge in [0.15, 0.2) is 0 Å². The largest absolute Gasteiger partial charge is 0.480 e. The molecule has 0 saturated carbocycles. The zero-order valence-electron chi connectivity index (χ0n) is 7.93. The zero-order chi connectivity index (χ0) is 10.7. The number of nitrogens with zero attached hydrogens (tertiary/aromatic N) is 1. The minimum Gasteiger partial charge on any atom is -0.480 e. The Hall–Kier alpha value is -0.750. The summed E-state index contributed by atoms with van der Waals surface area (Å²) in [6.07, 6.45) is 0. The molecule has 2 rings (SSSR count). The number of carbonyl (C=O) groups is 2. The maximum Gasteiger partial charge on any atom is 0.327 e. The Morgan fingerprint density at radius 3 is 2.71 bits per heavy atom. The van der Waals surface area contributed by atoms with Gasteiger partial charge in [-0.15, -0.1) is 11.8 Å². The molecule has 2 saturated heterocycles. The van der Waals surface area contributed by atoms with Gasteiger partial charge in [0.1, 0.15) is 17.5 Å². The molecule has 2 fully saturated rings. The summed E-state index contributed by atoms with van der Waals surface area (Å²) < 4.78 is -0.458. The van der Waals surface area contributed by atoms with Gasteiger partial charge in [-0.2, -0.15) is 0 Å². The monoisotopic (exact) mass is 230 g/mol. The van der Waals surface area contributed by atoms with E-state index in [1.165, 1.54) is 16.7 Å². The molecule has 14 heavy (non-hydrogen) atoms. The number of thioether (sulfide) groups is 1. The van der Waals surface area contributed by atoms with E-state index < -0.39 is 22.8 Å². The number of aliphatic carboxylic acids is 1. The number of carboxylic acids is 1. The van der Waals surface area contributed by atoms with Crippen LogP contribution in [0.2, 0.25) is 0 Å². The SMILES string of the molecule is [14CH3][14C]1([14CH3])S[14C@@H]2[14C@H](N)[14C](=O)N2[14C@H]1C(=O)O. The Morgan fingerprint density at radius 1 is 1.64 bits per heavy atom. The van der Waals surface area contributed by atoms with Gasteiger partial charge < -0.3 is 15.7 Å². The quantitative estimate of drug-likeness (QED) is 0.591. The van der Waals surface area contributed by atoms with Crippen LogP contribution in [0.3, 0.4) is 0 Å². The molecule has 0 aromatic carbocycles. The van der Waals surface area contributed by atoms with E-state index in [2.05, 4.69) is 0 Å². The zero-order valence-corrected chi connectivity index (χ0v) is 8.75. The van der Waals surface area contributed by atoms with Crippen LogP contribution in [0.4, 0.5) is 0 Å². The number of amides is 1. The molecule has 2 aliphatic rings. The Morgan fingerprint density at radius 2 is 2.21 bits per heavy atom. The first-order valence-electron chi connectivity index (χ1n) is 4.34. The average molecular weight is 230 g/mol. The Balaban J connectivity index is 2.32. The highest BCUT2D eigenvalue weighted by Gasteiger charge is 2.62. The van der Waals surface area contributed by atoms with Gasteiger partial charge in [0.05, 0.1) is 0 Å². The molecule has 6 heteroatoms. The number of carbonyl (C=O) groups excluding carboxylic acids is 1. The van der Waals surface area contributed by atoms with Crippen LogP contribution in [0.15, 0.2) is 0 Å². The van der Waals surface area contributed by atoms with Gasteiger partial charge in [-0.3, -0.25) is 4.79 Å². The first kappa shape index (κ1) is 9.79. The van der Waals surface area contributed by atoms with Gasteiger partial charge in [-0.25, -0.2) is 4.79 Å². The number of nitrogens with two attached hydrogens (primary N) is 1. The van der Waals surface area contributed by atoms with Crippen molar-refractivity contribution in [1.29, 1.82) is 0 Å². The van der Waals surface area contributed by atoms with E-state index in [4.69, 9.17) is 10.8 Å². The lowest BCUT2D eigenvalue weighted by Gasteiger charge is -2.41. The standard InChI is InChI=1S/C8H12N2O3S/c1-8(2)4(7(12)13)10-5(11)3(9)6(10)14-8/h3-4,6H,9H2,1-2H3,(H,12,13)/t3-,4+,6-/m1/s1/i1+2,2+2,3+2,4+2,5+2,6+2,8+2. The number of carboxylic acid groups (broad SMARTS) is 1. The molecule has 0 aromatic heterocycles. The highest BCUT2D eigenvalue weighted by molar-refractivity contribution is 8.01. The minimum atomic E-state index is -0.953. The van der Waals surface area contributed by atoms with Crippen LogP contribution in [-0.2, 0) is 9.59 Å². The lowest BCUT2D eigenvalue weighted by molar-refractivity contribution is -0.159. The second-order valence-electron chi connectivity index (χ2n) is 4.12. The van der Waals surface area contributed by atoms with Crippen LogP contribution in [-0.4, -0.2) is 44.1 Å². The molecule has 2 heterocycles. The van der Waals surface area contributed by atoms with E-state index in [0.29, 0.717) is 0 Å². The summed E-state index contributed by atoms with van der Waals surface area (Å²) in [6.45, 7) is 3.66. The smallest absolute Gasteiger partial charge is 0.327 e. The maximum absolute atomic E-state index is 11.4. The van der Waals surface area contributed by atoms with E-state index in [9.17, 15) is 9.59 Å². The van der Waals surface area contributed by atoms with Crippen LogP contribution in [0, 0.1) is 0 Å². The molecular formula is C8H12N2O3S. The molecule has 0 radical (unpaired) electrons. The first-order chi connectivity index (χ1) is 6.36. The number of β-lactam (4-membered cyclic amide) rings is 1. The van der Waals surface area contributed by atoms with Crippen molar-refractivity contribution in [2.24, 2.45) is 5.73 Å². The third kappa shape index (κ3) is 1.01. The molecule has 0 unspecified atom stereocenters. The van der Waals surface area contributed by atoms with Crippen molar-refractivity contribution < 1.29 is 14.7 Å². The van der Waals surface area contributed by atoms with E-state index >= 15 is 0 Å². The maximum atomic E-state index is 11.4. The van der Waals surface area contributed by atoms with E-state index in [0.717, 1.165) is 0 Å². The predicted octanol–water partition coefficient (Wildman–Crippen LogP) is -0.539. The fourth-order valence-corrected chi connectivity index (χ4v) is 3.61. The van der Waals surface area contributed by atoms with Crippen molar-refractivity contribution in [1.82, 2.24) is 4.90 Å². The number of hydrogen-bond donors (Lipinski definition) is 2. The predicted molar refractivity (Wildman–Crippen MR) is 51.7 cm³/mol. The molecule has 0 aromatic rings. The van der Waals surface area contributed by atoms with Gasteiger partial charge in [0.25, 0.3) is 0 Å². The van der Waals surface area contributed by atoms with Gasteiger partial charge in [-0.1, -0.05) is 0 Å². The van der Waals surface area contributed by atoms with Gasteiger partial charge in [0, 0.05) is 4.75 Å². The molecule has 3 atom stereocenters.